The van der Waals surface area contributed by atoms with Gasteiger partial charge in [0.25, 0.3) is 0 Å². The first-order valence-electron chi connectivity index (χ1n) is 9.40. The Hall–Kier alpha value is -2.87. The summed E-state index contributed by atoms with van der Waals surface area (Å²) in [5.41, 5.74) is 3.95. The third kappa shape index (κ3) is 3.60. The SMILES string of the molecule is CCNc1ncc(-c2nccc(Cc3cc4c(cn3)nc(C)n4C(C)C)n2)s1. The molecule has 4 heterocycles. The molecule has 0 aromatic carbocycles. The number of rotatable bonds is 6. The average Bonchev–Trinajstić information content (AvgIpc) is 3.25. The Labute approximate surface area is 167 Å². The maximum Gasteiger partial charge on any atom is 0.183 e. The number of anilines is 1. The van der Waals surface area contributed by atoms with Crippen molar-refractivity contribution in [1.29, 1.82) is 0 Å². The summed E-state index contributed by atoms with van der Waals surface area (Å²) in [6.07, 6.45) is 6.11. The van der Waals surface area contributed by atoms with Gasteiger partial charge in [0.2, 0.25) is 0 Å². The molecule has 0 radical (unpaired) electrons. The van der Waals surface area contributed by atoms with Crippen molar-refractivity contribution < 1.29 is 0 Å². The van der Waals surface area contributed by atoms with Gasteiger partial charge < -0.3 is 9.88 Å². The average molecular weight is 394 g/mol. The topological polar surface area (TPSA) is 81.4 Å². The molecule has 0 saturated heterocycles. The van der Waals surface area contributed by atoms with Gasteiger partial charge in [0.1, 0.15) is 11.3 Å². The first kappa shape index (κ1) is 18.5. The van der Waals surface area contributed by atoms with Gasteiger partial charge in [-0.15, -0.1) is 0 Å². The van der Waals surface area contributed by atoms with Crippen LogP contribution in [0, 0.1) is 6.92 Å². The zero-order valence-corrected chi connectivity index (χ0v) is 17.3. The van der Waals surface area contributed by atoms with Crippen LogP contribution in [0.3, 0.4) is 0 Å². The smallest absolute Gasteiger partial charge is 0.183 e. The molecule has 0 bridgehead atoms. The normalized spacial score (nSPS) is 11.5. The van der Waals surface area contributed by atoms with Crippen LogP contribution in [0.4, 0.5) is 5.13 Å². The third-order valence-electron chi connectivity index (χ3n) is 4.45. The van der Waals surface area contributed by atoms with Crippen LogP contribution in [0.2, 0.25) is 0 Å². The minimum absolute atomic E-state index is 0.350. The van der Waals surface area contributed by atoms with Gasteiger partial charge in [0.15, 0.2) is 11.0 Å². The first-order chi connectivity index (χ1) is 13.5. The van der Waals surface area contributed by atoms with Gasteiger partial charge in [-0.05, 0) is 39.8 Å². The van der Waals surface area contributed by atoms with Crippen molar-refractivity contribution in [3.8, 4) is 10.7 Å². The second kappa shape index (κ2) is 7.63. The van der Waals surface area contributed by atoms with Crippen molar-refractivity contribution in [3.63, 3.8) is 0 Å². The molecule has 4 rings (SSSR count). The van der Waals surface area contributed by atoms with Crippen LogP contribution in [-0.4, -0.2) is 36.0 Å². The molecule has 0 fully saturated rings. The molecule has 0 aliphatic carbocycles. The lowest BCUT2D eigenvalue weighted by molar-refractivity contribution is 0.600. The van der Waals surface area contributed by atoms with E-state index in [0.717, 1.165) is 44.8 Å². The second-order valence-electron chi connectivity index (χ2n) is 6.90. The van der Waals surface area contributed by atoms with Crippen molar-refractivity contribution in [2.45, 2.75) is 40.2 Å². The highest BCUT2D eigenvalue weighted by Gasteiger charge is 2.13. The van der Waals surface area contributed by atoms with Crippen LogP contribution >= 0.6 is 11.3 Å². The van der Waals surface area contributed by atoms with E-state index in [0.29, 0.717) is 18.3 Å². The van der Waals surface area contributed by atoms with Crippen molar-refractivity contribution in [1.82, 2.24) is 29.5 Å². The molecule has 4 aromatic heterocycles. The molecule has 0 saturated carbocycles. The summed E-state index contributed by atoms with van der Waals surface area (Å²) >= 11 is 1.56. The van der Waals surface area contributed by atoms with E-state index in [2.05, 4.69) is 56.7 Å². The number of hydrogen-bond donors (Lipinski definition) is 1. The molecule has 0 aliphatic heterocycles. The Bertz CT molecular complexity index is 1110. The number of aryl methyl sites for hydroxylation is 1. The maximum absolute atomic E-state index is 4.72. The Balaban J connectivity index is 1.63. The highest BCUT2D eigenvalue weighted by molar-refractivity contribution is 7.18. The lowest BCUT2D eigenvalue weighted by atomic mass is 10.2. The largest absolute Gasteiger partial charge is 0.362 e. The zero-order chi connectivity index (χ0) is 19.7. The summed E-state index contributed by atoms with van der Waals surface area (Å²) in [7, 11) is 0. The predicted molar refractivity (Wildman–Crippen MR) is 113 cm³/mol. The first-order valence-corrected chi connectivity index (χ1v) is 10.2. The van der Waals surface area contributed by atoms with Crippen LogP contribution in [0.25, 0.3) is 21.7 Å². The van der Waals surface area contributed by atoms with Crippen molar-refractivity contribution in [3.05, 3.63) is 47.9 Å². The number of pyridine rings is 1. The van der Waals surface area contributed by atoms with Gasteiger partial charge in [0, 0.05) is 30.9 Å². The Morgan fingerprint density at radius 1 is 1.11 bits per heavy atom. The molecule has 0 amide bonds. The number of thiazole rings is 1. The molecule has 0 aliphatic rings. The highest BCUT2D eigenvalue weighted by atomic mass is 32.1. The van der Waals surface area contributed by atoms with Crippen LogP contribution in [0.5, 0.6) is 0 Å². The van der Waals surface area contributed by atoms with Gasteiger partial charge in [-0.25, -0.2) is 19.9 Å². The van der Waals surface area contributed by atoms with E-state index < -0.39 is 0 Å². The molecule has 0 unspecified atom stereocenters. The number of fused-ring (bicyclic) bond motifs is 1. The lowest BCUT2D eigenvalue weighted by Gasteiger charge is -2.11. The minimum Gasteiger partial charge on any atom is -0.362 e. The molecule has 8 heteroatoms. The van der Waals surface area contributed by atoms with E-state index in [-0.39, 0.29) is 0 Å². The van der Waals surface area contributed by atoms with Gasteiger partial charge in [-0.3, -0.25) is 4.98 Å². The Morgan fingerprint density at radius 3 is 2.75 bits per heavy atom. The van der Waals surface area contributed by atoms with Gasteiger partial charge in [0.05, 0.1) is 28.5 Å². The summed E-state index contributed by atoms with van der Waals surface area (Å²) in [5.74, 6) is 1.71. The Morgan fingerprint density at radius 2 is 1.96 bits per heavy atom. The molecule has 28 heavy (non-hydrogen) atoms. The molecule has 144 valence electrons. The van der Waals surface area contributed by atoms with E-state index in [9.17, 15) is 0 Å². The minimum atomic E-state index is 0.350. The Kier molecular flexibility index (Phi) is 5.04. The fourth-order valence-electron chi connectivity index (χ4n) is 3.32. The fourth-order valence-corrected chi connectivity index (χ4v) is 4.14. The standard InChI is InChI=1S/C20H23N7S/c1-5-21-20-24-11-18(28-20)19-22-7-6-14(26-19)8-15-9-17-16(10-23-15)25-13(4)27(17)12(2)3/h6-7,9-12H,5,8H2,1-4H3,(H,21,24). The van der Waals surface area contributed by atoms with Crippen LogP contribution in [0.15, 0.2) is 30.7 Å². The van der Waals surface area contributed by atoms with Gasteiger partial charge >= 0.3 is 0 Å². The van der Waals surface area contributed by atoms with Crippen molar-refractivity contribution >= 4 is 27.5 Å². The number of imidazole rings is 1. The summed E-state index contributed by atoms with van der Waals surface area (Å²) < 4.78 is 2.24. The third-order valence-corrected chi connectivity index (χ3v) is 5.41. The molecule has 7 nitrogen and oxygen atoms in total. The highest BCUT2D eigenvalue weighted by Crippen LogP contribution is 2.26. The fraction of sp³-hybridized carbons (Fsp3) is 0.350. The van der Waals surface area contributed by atoms with E-state index in [1.54, 1.807) is 17.5 Å². The number of aromatic nitrogens is 6. The number of nitrogens with one attached hydrogen (secondary N) is 1. The van der Waals surface area contributed by atoms with Crippen molar-refractivity contribution in [2.24, 2.45) is 0 Å². The van der Waals surface area contributed by atoms with Crippen molar-refractivity contribution in [2.75, 3.05) is 11.9 Å². The zero-order valence-electron chi connectivity index (χ0n) is 16.5. The van der Waals surface area contributed by atoms with Gasteiger partial charge in [-0.2, -0.15) is 0 Å². The summed E-state index contributed by atoms with van der Waals surface area (Å²) in [4.78, 5) is 23.7. The monoisotopic (exact) mass is 393 g/mol. The number of hydrogen-bond acceptors (Lipinski definition) is 7. The lowest BCUT2D eigenvalue weighted by Crippen LogP contribution is -2.03. The number of nitrogens with zero attached hydrogens (tertiary/aromatic N) is 6. The second-order valence-corrected chi connectivity index (χ2v) is 7.93. The maximum atomic E-state index is 4.72. The summed E-state index contributed by atoms with van der Waals surface area (Å²) in [6, 6.07) is 4.41. The predicted octanol–water partition coefficient (Wildman–Crippen LogP) is 4.26. The quantitative estimate of drug-likeness (QED) is 0.527. The molecule has 1 N–H and O–H groups in total. The molecule has 4 aromatic rings. The molecular weight excluding hydrogens is 370 g/mol. The van der Waals surface area contributed by atoms with E-state index in [1.165, 1.54) is 0 Å². The van der Waals surface area contributed by atoms with Crippen LogP contribution < -0.4 is 5.32 Å². The van der Waals surface area contributed by atoms with Gasteiger partial charge in [-0.1, -0.05) is 11.3 Å². The van der Waals surface area contributed by atoms with Crippen LogP contribution in [-0.2, 0) is 6.42 Å². The van der Waals surface area contributed by atoms with E-state index in [1.807, 2.05) is 25.4 Å². The summed E-state index contributed by atoms with van der Waals surface area (Å²) in [6.45, 7) is 9.26. The molecule has 0 atom stereocenters. The molecular formula is C20H23N7S. The molecule has 0 spiro atoms. The summed E-state index contributed by atoms with van der Waals surface area (Å²) in [5, 5.41) is 4.10. The van der Waals surface area contributed by atoms with E-state index in [4.69, 9.17) is 4.98 Å². The van der Waals surface area contributed by atoms with E-state index >= 15 is 0 Å². The van der Waals surface area contributed by atoms with Crippen LogP contribution in [0.1, 0.15) is 44.0 Å².